The minimum atomic E-state index is -0.681. The van der Waals surface area contributed by atoms with Crippen molar-refractivity contribution >= 4 is 17.4 Å². The number of carbonyl (C=O) groups excluding carboxylic acids is 2. The van der Waals surface area contributed by atoms with Crippen molar-refractivity contribution in [3.8, 4) is 5.75 Å². The molecule has 0 saturated carbocycles. The topological polar surface area (TPSA) is 95.7 Å². The summed E-state index contributed by atoms with van der Waals surface area (Å²) in [6, 6.07) is 3.77. The van der Waals surface area contributed by atoms with Gasteiger partial charge in [0.1, 0.15) is 0 Å². The molecule has 0 aliphatic carbocycles. The van der Waals surface area contributed by atoms with Crippen molar-refractivity contribution in [1.82, 2.24) is 0 Å². The van der Waals surface area contributed by atoms with Gasteiger partial charge in [-0.2, -0.15) is 0 Å². The molecule has 0 fully saturated rings. The summed E-state index contributed by atoms with van der Waals surface area (Å²) in [7, 11) is 1.18. The molecule has 0 aromatic heterocycles. The molecule has 96 valence electrons. The molecule has 0 atom stereocenters. The lowest BCUT2D eigenvalue weighted by atomic mass is 10.1. The second kappa shape index (κ2) is 5.76. The van der Waals surface area contributed by atoms with Gasteiger partial charge in [-0.15, -0.1) is 0 Å². The number of Topliss-reactive ketones (excluding diaryl/α,β-unsaturated/α-hetero) is 1. The average molecular weight is 253 g/mol. The van der Waals surface area contributed by atoms with Gasteiger partial charge in [-0.3, -0.25) is 14.9 Å². The number of carbonyl (C=O) groups is 2. The van der Waals surface area contributed by atoms with Crippen LogP contribution in [0.3, 0.4) is 0 Å². The number of nitrogens with zero attached hydrogens (tertiary/aromatic N) is 1. The summed E-state index contributed by atoms with van der Waals surface area (Å²) in [6.45, 7) is 0.866. The number of methoxy groups -OCH3 is 1. The molecule has 7 heteroatoms. The summed E-state index contributed by atoms with van der Waals surface area (Å²) in [5.41, 5.74) is -0.168. The van der Waals surface area contributed by atoms with Crippen molar-refractivity contribution in [3.63, 3.8) is 0 Å². The smallest absolute Gasteiger partial charge is 0.343 e. The monoisotopic (exact) mass is 253 g/mol. The maximum atomic E-state index is 11.1. The molecular weight excluding hydrogens is 242 g/mol. The lowest BCUT2D eigenvalue weighted by molar-refractivity contribution is -0.385. The van der Waals surface area contributed by atoms with E-state index < -0.39 is 17.5 Å². The number of hydrogen-bond donors (Lipinski definition) is 0. The van der Waals surface area contributed by atoms with Gasteiger partial charge in [0.05, 0.1) is 12.0 Å². The first kappa shape index (κ1) is 13.6. The van der Waals surface area contributed by atoms with E-state index in [0.717, 1.165) is 6.07 Å². The van der Waals surface area contributed by atoms with E-state index >= 15 is 0 Å². The minimum Gasteiger partial charge on any atom is -0.475 e. The Kier molecular flexibility index (Phi) is 4.36. The Hall–Kier alpha value is -2.44. The highest BCUT2D eigenvalue weighted by atomic mass is 16.6. The second-order valence-corrected chi connectivity index (χ2v) is 3.36. The van der Waals surface area contributed by atoms with Gasteiger partial charge in [0.25, 0.3) is 0 Å². The first-order valence-electron chi connectivity index (χ1n) is 4.94. The zero-order chi connectivity index (χ0) is 13.7. The molecule has 0 N–H and O–H groups in total. The summed E-state index contributed by atoms with van der Waals surface area (Å²) >= 11 is 0. The van der Waals surface area contributed by atoms with E-state index in [0.29, 0.717) is 0 Å². The molecule has 0 heterocycles. The van der Waals surface area contributed by atoms with E-state index in [2.05, 4.69) is 4.74 Å². The number of ether oxygens (including phenoxy) is 2. The Morgan fingerprint density at radius 1 is 1.39 bits per heavy atom. The lowest BCUT2D eigenvalue weighted by Crippen LogP contribution is -2.13. The Morgan fingerprint density at radius 3 is 2.56 bits per heavy atom. The Bertz CT molecular complexity index is 496. The van der Waals surface area contributed by atoms with E-state index in [1.54, 1.807) is 0 Å². The quantitative estimate of drug-likeness (QED) is 0.340. The number of hydrogen-bond acceptors (Lipinski definition) is 6. The van der Waals surface area contributed by atoms with Crippen LogP contribution in [0.1, 0.15) is 17.3 Å². The van der Waals surface area contributed by atoms with Crippen molar-refractivity contribution < 1.29 is 24.0 Å². The first-order valence-corrected chi connectivity index (χ1v) is 4.94. The van der Waals surface area contributed by atoms with Gasteiger partial charge >= 0.3 is 11.7 Å². The van der Waals surface area contributed by atoms with Crippen LogP contribution >= 0.6 is 0 Å². The van der Waals surface area contributed by atoms with Crippen molar-refractivity contribution in [2.45, 2.75) is 6.92 Å². The van der Waals surface area contributed by atoms with Crippen LogP contribution in [-0.4, -0.2) is 30.4 Å². The summed E-state index contributed by atoms with van der Waals surface area (Å²) in [5.74, 6) is -1.03. The van der Waals surface area contributed by atoms with Crippen LogP contribution in [0.5, 0.6) is 5.75 Å². The Balaban J connectivity index is 3.00. The third-order valence-electron chi connectivity index (χ3n) is 2.14. The zero-order valence-electron chi connectivity index (χ0n) is 9.84. The van der Waals surface area contributed by atoms with Crippen molar-refractivity contribution in [2.75, 3.05) is 13.7 Å². The van der Waals surface area contributed by atoms with Crippen LogP contribution in [0, 0.1) is 10.1 Å². The SMILES string of the molecule is COC(=O)COc1ccc(C(C)=O)cc1[N+](=O)[O-]. The van der Waals surface area contributed by atoms with Gasteiger partial charge in [0.2, 0.25) is 0 Å². The molecule has 1 aromatic rings. The van der Waals surface area contributed by atoms with E-state index in [4.69, 9.17) is 4.74 Å². The van der Waals surface area contributed by atoms with E-state index in [-0.39, 0.29) is 22.8 Å². The molecule has 0 spiro atoms. The molecule has 0 aliphatic rings. The van der Waals surface area contributed by atoms with Crippen LogP contribution in [0.4, 0.5) is 5.69 Å². The fourth-order valence-electron chi connectivity index (χ4n) is 1.20. The van der Waals surface area contributed by atoms with E-state index in [9.17, 15) is 19.7 Å². The number of esters is 1. The van der Waals surface area contributed by atoms with Crippen LogP contribution < -0.4 is 4.74 Å². The summed E-state index contributed by atoms with van der Waals surface area (Å²) < 4.78 is 9.30. The van der Waals surface area contributed by atoms with Gasteiger partial charge in [-0.25, -0.2) is 4.79 Å². The lowest BCUT2D eigenvalue weighted by Gasteiger charge is -2.06. The predicted octanol–water partition coefficient (Wildman–Crippen LogP) is 1.35. The molecule has 7 nitrogen and oxygen atoms in total. The van der Waals surface area contributed by atoms with Crippen LogP contribution in [0.15, 0.2) is 18.2 Å². The van der Waals surface area contributed by atoms with Gasteiger partial charge < -0.3 is 9.47 Å². The van der Waals surface area contributed by atoms with Crippen molar-refractivity contribution in [2.24, 2.45) is 0 Å². The molecule has 0 saturated heterocycles. The fraction of sp³-hybridized carbons (Fsp3) is 0.273. The standard InChI is InChI=1S/C11H11NO6/c1-7(13)8-3-4-10(9(5-8)12(15)16)18-6-11(14)17-2/h3-5H,6H2,1-2H3. The van der Waals surface area contributed by atoms with Crippen molar-refractivity contribution in [1.29, 1.82) is 0 Å². The normalized spacial score (nSPS) is 9.67. The Morgan fingerprint density at radius 2 is 2.06 bits per heavy atom. The second-order valence-electron chi connectivity index (χ2n) is 3.36. The largest absolute Gasteiger partial charge is 0.475 e. The van der Waals surface area contributed by atoms with E-state index in [1.165, 1.54) is 26.2 Å². The number of benzene rings is 1. The number of rotatable bonds is 5. The highest BCUT2D eigenvalue weighted by Gasteiger charge is 2.18. The van der Waals surface area contributed by atoms with Crippen LogP contribution in [0.2, 0.25) is 0 Å². The highest BCUT2D eigenvalue weighted by molar-refractivity contribution is 5.95. The molecule has 1 rings (SSSR count). The average Bonchev–Trinajstić information content (AvgIpc) is 2.35. The third kappa shape index (κ3) is 3.27. The zero-order valence-corrected chi connectivity index (χ0v) is 9.84. The van der Waals surface area contributed by atoms with Crippen LogP contribution in [0.25, 0.3) is 0 Å². The van der Waals surface area contributed by atoms with Crippen LogP contribution in [-0.2, 0) is 9.53 Å². The number of nitro groups is 1. The summed E-state index contributed by atoms with van der Waals surface area (Å²) in [4.78, 5) is 32.1. The highest BCUT2D eigenvalue weighted by Crippen LogP contribution is 2.28. The first-order chi connectivity index (χ1) is 8.45. The minimum absolute atomic E-state index is 0.0876. The third-order valence-corrected chi connectivity index (χ3v) is 2.14. The molecule has 0 unspecified atom stereocenters. The van der Waals surface area contributed by atoms with E-state index in [1.807, 2.05) is 0 Å². The molecule has 18 heavy (non-hydrogen) atoms. The molecule has 0 radical (unpaired) electrons. The maximum absolute atomic E-state index is 11.1. The number of ketones is 1. The molecule has 0 bridgehead atoms. The molecular formula is C11H11NO6. The maximum Gasteiger partial charge on any atom is 0.343 e. The predicted molar refractivity (Wildman–Crippen MR) is 60.6 cm³/mol. The van der Waals surface area contributed by atoms with Gasteiger partial charge in [0.15, 0.2) is 18.1 Å². The van der Waals surface area contributed by atoms with Gasteiger partial charge in [-0.05, 0) is 19.1 Å². The molecule has 0 amide bonds. The molecule has 1 aromatic carbocycles. The summed E-state index contributed by atoms with van der Waals surface area (Å²) in [5, 5.41) is 10.8. The molecule has 0 aliphatic heterocycles. The van der Waals surface area contributed by atoms with Crippen molar-refractivity contribution in [3.05, 3.63) is 33.9 Å². The Labute approximate surface area is 102 Å². The summed E-state index contributed by atoms with van der Waals surface area (Å²) in [6.07, 6.45) is 0. The number of nitro benzene ring substituents is 1. The van der Waals surface area contributed by atoms with Gasteiger partial charge in [0, 0.05) is 11.6 Å². The fourth-order valence-corrected chi connectivity index (χ4v) is 1.20. The van der Waals surface area contributed by atoms with Gasteiger partial charge in [-0.1, -0.05) is 0 Å².